The lowest BCUT2D eigenvalue weighted by Crippen LogP contribution is -2.62. The van der Waals surface area contributed by atoms with Gasteiger partial charge in [0, 0.05) is 31.1 Å². The molecule has 3 heterocycles. The van der Waals surface area contributed by atoms with Crippen LogP contribution in [0.25, 0.3) is 11.3 Å². The molecule has 7 heteroatoms. The third-order valence-electron chi connectivity index (χ3n) is 5.21. The molecule has 4 rings (SSSR count). The summed E-state index contributed by atoms with van der Waals surface area (Å²) in [4.78, 5) is 24.1. The van der Waals surface area contributed by atoms with Gasteiger partial charge in [-0.1, -0.05) is 0 Å². The van der Waals surface area contributed by atoms with Gasteiger partial charge in [0.25, 0.3) is 0 Å². The Balaban J connectivity index is 1.68. The Labute approximate surface area is 150 Å². The quantitative estimate of drug-likeness (QED) is 0.787. The molecule has 0 bridgehead atoms. The minimum atomic E-state index is -0.808. The first-order chi connectivity index (χ1) is 12.7. The number of anilines is 1. The number of aromatic nitrogens is 2. The number of alkyl halides is 1. The average Bonchev–Trinajstić information content (AvgIpc) is 2.66. The maximum atomic E-state index is 13.4. The lowest BCUT2D eigenvalue weighted by atomic mass is 9.92. The number of piperidine rings is 1. The second-order valence-corrected chi connectivity index (χ2v) is 6.91. The highest BCUT2D eigenvalue weighted by atomic mass is 19.1. The van der Waals surface area contributed by atoms with Gasteiger partial charge in [-0.25, -0.2) is 18.7 Å². The number of likely N-dealkylation sites (tertiary alicyclic amines) is 1. The molecule has 0 amide bonds. The van der Waals surface area contributed by atoms with E-state index in [1.54, 1.807) is 18.3 Å². The molecule has 26 heavy (non-hydrogen) atoms. The van der Waals surface area contributed by atoms with Gasteiger partial charge in [0.2, 0.25) is 0 Å². The van der Waals surface area contributed by atoms with Gasteiger partial charge in [-0.3, -0.25) is 4.90 Å². The zero-order valence-electron chi connectivity index (χ0n) is 14.3. The van der Waals surface area contributed by atoms with E-state index in [1.807, 2.05) is 0 Å². The smallest absolute Gasteiger partial charge is 0.125 e. The predicted octanol–water partition coefficient (Wildman–Crippen LogP) is 2.68. The highest BCUT2D eigenvalue weighted by Crippen LogP contribution is 2.36. The normalized spacial score (nSPS) is 24.3. The van der Waals surface area contributed by atoms with Crippen LogP contribution in [0.3, 0.4) is 0 Å². The Bertz CT molecular complexity index is 779. The molecule has 2 fully saturated rings. The van der Waals surface area contributed by atoms with E-state index in [4.69, 9.17) is 0 Å². The van der Waals surface area contributed by atoms with E-state index in [0.29, 0.717) is 31.7 Å². The van der Waals surface area contributed by atoms with Crippen LogP contribution in [0.5, 0.6) is 0 Å². The number of nitrogens with zero attached hydrogens (tertiary/aromatic N) is 4. The van der Waals surface area contributed by atoms with Crippen LogP contribution in [-0.4, -0.2) is 53.1 Å². The first-order valence-electron chi connectivity index (χ1n) is 8.81. The van der Waals surface area contributed by atoms with Crippen molar-refractivity contribution in [3.05, 3.63) is 42.6 Å². The van der Waals surface area contributed by atoms with Gasteiger partial charge >= 0.3 is 0 Å². The molecule has 2 unspecified atom stereocenters. The van der Waals surface area contributed by atoms with Crippen LogP contribution in [0, 0.1) is 11.7 Å². The predicted molar refractivity (Wildman–Crippen MR) is 93.8 cm³/mol. The van der Waals surface area contributed by atoms with E-state index in [2.05, 4.69) is 19.8 Å². The molecule has 2 saturated heterocycles. The molecule has 2 aliphatic rings. The fourth-order valence-electron chi connectivity index (χ4n) is 3.78. The zero-order chi connectivity index (χ0) is 18.1. The molecular weight excluding hydrogens is 338 g/mol. The summed E-state index contributed by atoms with van der Waals surface area (Å²) in [5, 5.41) is 0. The third-order valence-corrected chi connectivity index (χ3v) is 5.21. The average molecular weight is 358 g/mol. The summed E-state index contributed by atoms with van der Waals surface area (Å²) in [5.74, 6) is -0.322. The highest BCUT2D eigenvalue weighted by molar-refractivity contribution is 5.74. The van der Waals surface area contributed by atoms with Gasteiger partial charge in [0.15, 0.2) is 0 Å². The molecule has 0 N–H and O–H groups in total. The molecule has 2 aromatic rings. The number of benzene rings is 1. The molecule has 2 atom stereocenters. The van der Waals surface area contributed by atoms with Crippen LogP contribution in [0.1, 0.15) is 12.8 Å². The van der Waals surface area contributed by atoms with E-state index in [9.17, 15) is 13.6 Å². The number of rotatable bonds is 4. The Morgan fingerprint density at radius 3 is 2.65 bits per heavy atom. The first kappa shape index (κ1) is 17.0. The van der Waals surface area contributed by atoms with Crippen LogP contribution in [0.4, 0.5) is 14.5 Å². The minimum absolute atomic E-state index is 0.0196. The summed E-state index contributed by atoms with van der Waals surface area (Å²) in [6.45, 7) is 1.43. The number of carbonyl (C=O) groups is 1. The lowest BCUT2D eigenvalue weighted by Gasteiger charge is -2.50. The lowest BCUT2D eigenvalue weighted by molar-refractivity contribution is -0.112. The molecule has 0 aliphatic carbocycles. The number of halogens is 2. The van der Waals surface area contributed by atoms with Crippen molar-refractivity contribution in [3.8, 4) is 11.3 Å². The summed E-state index contributed by atoms with van der Waals surface area (Å²) in [7, 11) is 0. The summed E-state index contributed by atoms with van der Waals surface area (Å²) in [6.07, 6.45) is 4.74. The maximum absolute atomic E-state index is 13.4. The second kappa shape index (κ2) is 7.07. The number of aldehydes is 1. The summed E-state index contributed by atoms with van der Waals surface area (Å²) >= 11 is 0. The van der Waals surface area contributed by atoms with E-state index < -0.39 is 6.17 Å². The van der Waals surface area contributed by atoms with Crippen molar-refractivity contribution >= 4 is 12.0 Å². The van der Waals surface area contributed by atoms with Crippen molar-refractivity contribution in [2.45, 2.75) is 25.2 Å². The van der Waals surface area contributed by atoms with Crippen LogP contribution >= 0.6 is 0 Å². The van der Waals surface area contributed by atoms with Gasteiger partial charge in [-0.05, 0) is 37.1 Å². The standard InChI is InChI=1S/C19H20F2N4O/c20-15-3-1-14(2-4-15)19-17(8-22-12-23-19)25-6-5-13(11-26)7-18(25)24-9-16(21)10-24/h1-4,8,11-13,16,18H,5-7,9-10H2. The zero-order valence-corrected chi connectivity index (χ0v) is 14.3. The molecule has 0 spiro atoms. The molecule has 136 valence electrons. The van der Waals surface area contributed by atoms with Crippen LogP contribution in [0.2, 0.25) is 0 Å². The van der Waals surface area contributed by atoms with Crippen molar-refractivity contribution in [1.82, 2.24) is 14.9 Å². The van der Waals surface area contributed by atoms with Crippen molar-refractivity contribution in [1.29, 1.82) is 0 Å². The van der Waals surface area contributed by atoms with Crippen LogP contribution in [-0.2, 0) is 4.79 Å². The van der Waals surface area contributed by atoms with E-state index in [0.717, 1.165) is 24.0 Å². The SMILES string of the molecule is O=CC1CCN(c2cncnc2-c2ccc(F)cc2)C(N2CC(F)C2)C1. The van der Waals surface area contributed by atoms with Crippen molar-refractivity contribution in [2.75, 3.05) is 24.5 Å². The third kappa shape index (κ3) is 3.19. The van der Waals surface area contributed by atoms with Gasteiger partial charge in [0.05, 0.1) is 23.7 Å². The van der Waals surface area contributed by atoms with Crippen molar-refractivity contribution in [2.24, 2.45) is 5.92 Å². The Morgan fingerprint density at radius 2 is 1.96 bits per heavy atom. The number of hydrogen-bond acceptors (Lipinski definition) is 5. The molecule has 1 aromatic carbocycles. The van der Waals surface area contributed by atoms with Gasteiger partial charge in [-0.15, -0.1) is 0 Å². The molecule has 2 aliphatic heterocycles. The molecule has 5 nitrogen and oxygen atoms in total. The van der Waals surface area contributed by atoms with Crippen LogP contribution < -0.4 is 4.90 Å². The Kier molecular flexibility index (Phi) is 4.63. The largest absolute Gasteiger partial charge is 0.353 e. The molecular formula is C19H20F2N4O. The fraction of sp³-hybridized carbons (Fsp3) is 0.421. The van der Waals surface area contributed by atoms with Gasteiger partial charge < -0.3 is 9.69 Å². The minimum Gasteiger partial charge on any atom is -0.353 e. The van der Waals surface area contributed by atoms with Crippen LogP contribution in [0.15, 0.2) is 36.8 Å². The number of carbonyl (C=O) groups excluding carboxylic acids is 1. The Morgan fingerprint density at radius 1 is 1.19 bits per heavy atom. The Hall–Kier alpha value is -2.41. The molecule has 1 aromatic heterocycles. The fourth-order valence-corrected chi connectivity index (χ4v) is 3.78. The van der Waals surface area contributed by atoms with E-state index >= 15 is 0 Å². The van der Waals surface area contributed by atoms with Crippen molar-refractivity contribution < 1.29 is 13.6 Å². The topological polar surface area (TPSA) is 49.3 Å². The van der Waals surface area contributed by atoms with Crippen molar-refractivity contribution in [3.63, 3.8) is 0 Å². The highest BCUT2D eigenvalue weighted by Gasteiger charge is 2.40. The molecule has 0 saturated carbocycles. The number of hydrogen-bond donors (Lipinski definition) is 0. The van der Waals surface area contributed by atoms with Gasteiger partial charge in [0.1, 0.15) is 24.6 Å². The summed E-state index contributed by atoms with van der Waals surface area (Å²) in [5.41, 5.74) is 2.34. The summed E-state index contributed by atoms with van der Waals surface area (Å²) < 4.78 is 26.7. The summed E-state index contributed by atoms with van der Waals surface area (Å²) in [6, 6.07) is 6.19. The molecule has 0 radical (unpaired) electrons. The first-order valence-corrected chi connectivity index (χ1v) is 8.81. The maximum Gasteiger partial charge on any atom is 0.125 e. The van der Waals surface area contributed by atoms with E-state index in [1.165, 1.54) is 18.5 Å². The van der Waals surface area contributed by atoms with E-state index in [-0.39, 0.29) is 17.9 Å². The van der Waals surface area contributed by atoms with Gasteiger partial charge in [-0.2, -0.15) is 0 Å². The monoisotopic (exact) mass is 358 g/mol. The second-order valence-electron chi connectivity index (χ2n) is 6.91.